The van der Waals surface area contributed by atoms with Crippen LogP contribution >= 0.6 is 0 Å². The van der Waals surface area contributed by atoms with Crippen molar-refractivity contribution >= 4 is 26.5 Å². The molecule has 0 atom stereocenters. The van der Waals surface area contributed by atoms with Crippen LogP contribution in [0.3, 0.4) is 0 Å². The molecule has 3 aromatic rings. The average molecular weight is 311 g/mol. The zero-order valence-electron chi connectivity index (χ0n) is 12.5. The standard InChI is InChI=1S/C18H17NO2S/c1-13-4-9-18(10-5-13)22(20,21)19-17-8-7-15-11-14(2)3-6-16(15)12-17/h3-12,19H,1-2H3. The van der Waals surface area contributed by atoms with Crippen LogP contribution in [0.1, 0.15) is 11.1 Å². The Labute approximate surface area is 130 Å². The predicted molar refractivity (Wildman–Crippen MR) is 90.7 cm³/mol. The van der Waals surface area contributed by atoms with E-state index in [4.69, 9.17) is 0 Å². The molecule has 3 rings (SSSR count). The number of fused-ring (bicyclic) bond motifs is 1. The quantitative estimate of drug-likeness (QED) is 0.785. The van der Waals surface area contributed by atoms with Gasteiger partial charge < -0.3 is 0 Å². The molecule has 3 nitrogen and oxygen atoms in total. The maximum atomic E-state index is 12.4. The lowest BCUT2D eigenvalue weighted by Crippen LogP contribution is -2.12. The van der Waals surface area contributed by atoms with Crippen molar-refractivity contribution in [2.75, 3.05) is 4.72 Å². The molecule has 0 aliphatic rings. The Bertz CT molecular complexity index is 929. The molecule has 112 valence electrons. The van der Waals surface area contributed by atoms with Crippen LogP contribution in [0.25, 0.3) is 10.8 Å². The highest BCUT2D eigenvalue weighted by Crippen LogP contribution is 2.23. The summed E-state index contributed by atoms with van der Waals surface area (Å²) in [7, 11) is -3.56. The second-order valence-electron chi connectivity index (χ2n) is 5.48. The summed E-state index contributed by atoms with van der Waals surface area (Å²) in [6.07, 6.45) is 0. The van der Waals surface area contributed by atoms with Crippen molar-refractivity contribution in [2.24, 2.45) is 0 Å². The summed E-state index contributed by atoms with van der Waals surface area (Å²) in [6.45, 7) is 3.96. The molecule has 4 heteroatoms. The molecule has 0 aliphatic heterocycles. The molecule has 0 aromatic heterocycles. The molecular formula is C18H17NO2S. The Balaban J connectivity index is 1.95. The Morgan fingerprint density at radius 3 is 2.05 bits per heavy atom. The minimum atomic E-state index is -3.56. The molecule has 0 spiro atoms. The van der Waals surface area contributed by atoms with Crippen LogP contribution in [0.5, 0.6) is 0 Å². The van der Waals surface area contributed by atoms with Gasteiger partial charge in [-0.15, -0.1) is 0 Å². The van der Waals surface area contributed by atoms with Crippen LogP contribution in [-0.4, -0.2) is 8.42 Å². The first-order valence-electron chi connectivity index (χ1n) is 7.04. The summed E-state index contributed by atoms with van der Waals surface area (Å²) in [6, 6.07) is 18.4. The van der Waals surface area contributed by atoms with E-state index in [-0.39, 0.29) is 4.90 Å². The maximum absolute atomic E-state index is 12.4. The van der Waals surface area contributed by atoms with Gasteiger partial charge in [0.05, 0.1) is 4.90 Å². The van der Waals surface area contributed by atoms with E-state index in [9.17, 15) is 8.42 Å². The monoisotopic (exact) mass is 311 g/mol. The summed E-state index contributed by atoms with van der Waals surface area (Å²) >= 11 is 0. The first-order chi connectivity index (χ1) is 10.4. The van der Waals surface area contributed by atoms with E-state index in [1.165, 1.54) is 5.56 Å². The SMILES string of the molecule is Cc1ccc(S(=O)(=O)Nc2ccc3cc(C)ccc3c2)cc1. The van der Waals surface area contributed by atoms with Gasteiger partial charge in [-0.3, -0.25) is 4.72 Å². The fraction of sp³-hybridized carbons (Fsp3) is 0.111. The number of anilines is 1. The van der Waals surface area contributed by atoms with Crippen molar-refractivity contribution in [1.29, 1.82) is 0 Å². The number of rotatable bonds is 3. The highest BCUT2D eigenvalue weighted by Gasteiger charge is 2.13. The third kappa shape index (κ3) is 2.97. The number of hydrogen-bond donors (Lipinski definition) is 1. The van der Waals surface area contributed by atoms with Crippen molar-refractivity contribution in [2.45, 2.75) is 18.7 Å². The number of sulfonamides is 1. The van der Waals surface area contributed by atoms with Gasteiger partial charge >= 0.3 is 0 Å². The van der Waals surface area contributed by atoms with Crippen LogP contribution in [0.15, 0.2) is 65.6 Å². The second-order valence-corrected chi connectivity index (χ2v) is 7.17. The number of nitrogens with one attached hydrogen (secondary N) is 1. The third-order valence-electron chi connectivity index (χ3n) is 3.58. The van der Waals surface area contributed by atoms with E-state index in [1.54, 1.807) is 30.3 Å². The molecule has 0 amide bonds. The van der Waals surface area contributed by atoms with Gasteiger partial charge in [-0.1, -0.05) is 47.5 Å². The Hall–Kier alpha value is -2.33. The smallest absolute Gasteiger partial charge is 0.261 e. The first-order valence-corrected chi connectivity index (χ1v) is 8.52. The lowest BCUT2D eigenvalue weighted by Gasteiger charge is -2.09. The van der Waals surface area contributed by atoms with E-state index >= 15 is 0 Å². The molecule has 0 fully saturated rings. The van der Waals surface area contributed by atoms with Gasteiger partial charge in [0.1, 0.15) is 0 Å². The van der Waals surface area contributed by atoms with Crippen molar-refractivity contribution in [1.82, 2.24) is 0 Å². The highest BCUT2D eigenvalue weighted by molar-refractivity contribution is 7.92. The van der Waals surface area contributed by atoms with Gasteiger partial charge in [-0.25, -0.2) is 8.42 Å². The van der Waals surface area contributed by atoms with Gasteiger partial charge in [0.2, 0.25) is 0 Å². The summed E-state index contributed by atoms with van der Waals surface area (Å²) < 4.78 is 27.4. The summed E-state index contributed by atoms with van der Waals surface area (Å²) in [5.74, 6) is 0. The van der Waals surface area contributed by atoms with Gasteiger partial charge in [-0.05, 0) is 48.9 Å². The van der Waals surface area contributed by atoms with E-state index in [0.717, 1.165) is 16.3 Å². The summed E-state index contributed by atoms with van der Waals surface area (Å²) in [5, 5.41) is 2.10. The van der Waals surface area contributed by atoms with E-state index in [1.807, 2.05) is 38.1 Å². The molecule has 0 saturated heterocycles. The summed E-state index contributed by atoms with van der Waals surface area (Å²) in [5.41, 5.74) is 2.78. The van der Waals surface area contributed by atoms with Gasteiger partial charge in [-0.2, -0.15) is 0 Å². The molecule has 0 heterocycles. The van der Waals surface area contributed by atoms with E-state index in [0.29, 0.717) is 5.69 Å². The van der Waals surface area contributed by atoms with Crippen molar-refractivity contribution in [3.05, 3.63) is 71.8 Å². The summed E-state index contributed by atoms with van der Waals surface area (Å²) in [4.78, 5) is 0.266. The molecule has 0 aliphatic carbocycles. The average Bonchev–Trinajstić information content (AvgIpc) is 2.47. The first kappa shape index (κ1) is 14.6. The zero-order valence-corrected chi connectivity index (χ0v) is 13.3. The normalized spacial score (nSPS) is 11.5. The van der Waals surface area contributed by atoms with Gasteiger partial charge in [0.25, 0.3) is 10.0 Å². The lowest BCUT2D eigenvalue weighted by atomic mass is 10.1. The van der Waals surface area contributed by atoms with Gasteiger partial charge in [0.15, 0.2) is 0 Å². The van der Waals surface area contributed by atoms with Crippen LogP contribution in [0.4, 0.5) is 5.69 Å². The predicted octanol–water partition coefficient (Wildman–Crippen LogP) is 4.26. The molecule has 1 N–H and O–H groups in total. The number of benzene rings is 3. The Morgan fingerprint density at radius 1 is 0.727 bits per heavy atom. The second kappa shape index (κ2) is 5.46. The van der Waals surface area contributed by atoms with Crippen molar-refractivity contribution in [3.63, 3.8) is 0 Å². The van der Waals surface area contributed by atoms with Crippen LogP contribution in [0.2, 0.25) is 0 Å². The minimum absolute atomic E-state index is 0.266. The lowest BCUT2D eigenvalue weighted by molar-refractivity contribution is 0.601. The van der Waals surface area contributed by atoms with E-state index < -0.39 is 10.0 Å². The minimum Gasteiger partial charge on any atom is -0.280 e. The largest absolute Gasteiger partial charge is 0.280 e. The van der Waals surface area contributed by atoms with Gasteiger partial charge in [0, 0.05) is 5.69 Å². The molecule has 3 aromatic carbocycles. The topological polar surface area (TPSA) is 46.2 Å². The fourth-order valence-electron chi connectivity index (χ4n) is 2.36. The molecule has 0 bridgehead atoms. The third-order valence-corrected chi connectivity index (χ3v) is 4.98. The maximum Gasteiger partial charge on any atom is 0.261 e. The van der Waals surface area contributed by atoms with Crippen molar-refractivity contribution in [3.8, 4) is 0 Å². The highest BCUT2D eigenvalue weighted by atomic mass is 32.2. The fourth-order valence-corrected chi connectivity index (χ4v) is 3.41. The van der Waals surface area contributed by atoms with Crippen LogP contribution in [0, 0.1) is 13.8 Å². The Morgan fingerprint density at radius 2 is 1.32 bits per heavy atom. The van der Waals surface area contributed by atoms with Crippen LogP contribution in [-0.2, 0) is 10.0 Å². The molecule has 0 saturated carbocycles. The number of aryl methyl sites for hydroxylation is 2. The van der Waals surface area contributed by atoms with Crippen LogP contribution < -0.4 is 4.72 Å². The number of hydrogen-bond acceptors (Lipinski definition) is 2. The van der Waals surface area contributed by atoms with Crippen molar-refractivity contribution < 1.29 is 8.42 Å². The molecular weight excluding hydrogens is 294 g/mol. The van der Waals surface area contributed by atoms with E-state index in [2.05, 4.69) is 10.8 Å². The Kier molecular flexibility index (Phi) is 3.62. The molecule has 0 unspecified atom stereocenters. The molecule has 0 radical (unpaired) electrons. The molecule has 22 heavy (non-hydrogen) atoms. The zero-order chi connectivity index (χ0) is 15.7.